The number of hydroxylamine groups is 1. The van der Waals surface area contributed by atoms with Crippen molar-refractivity contribution in [3.8, 4) is 5.75 Å². The second-order valence-corrected chi connectivity index (χ2v) is 5.55. The highest BCUT2D eigenvalue weighted by Crippen LogP contribution is 2.25. The Bertz CT molecular complexity index is 421. The first kappa shape index (κ1) is 16.0. The summed E-state index contributed by atoms with van der Waals surface area (Å²) in [5.41, 5.74) is 3.52. The van der Waals surface area contributed by atoms with E-state index in [1.165, 1.54) is 0 Å². The first-order chi connectivity index (χ1) is 9.02. The van der Waals surface area contributed by atoms with Crippen LogP contribution in [0.25, 0.3) is 0 Å². The minimum absolute atomic E-state index is 0.104. The zero-order valence-electron chi connectivity index (χ0n) is 11.5. The number of ether oxygens (including phenoxy) is 1. The van der Waals surface area contributed by atoms with Crippen molar-refractivity contribution in [2.75, 3.05) is 13.7 Å². The predicted molar refractivity (Wildman–Crippen MR) is 77.9 cm³/mol. The van der Waals surface area contributed by atoms with E-state index in [0.29, 0.717) is 25.4 Å². The third kappa shape index (κ3) is 6.07. The summed E-state index contributed by atoms with van der Waals surface area (Å²) < 4.78 is 6.05. The molecule has 0 spiro atoms. The van der Waals surface area contributed by atoms with Gasteiger partial charge >= 0.3 is 0 Å². The maximum Gasteiger partial charge on any atom is 0.243 e. The van der Waals surface area contributed by atoms with Crippen molar-refractivity contribution < 1.29 is 14.4 Å². The maximum atomic E-state index is 11.5. The van der Waals surface area contributed by atoms with E-state index in [-0.39, 0.29) is 5.91 Å². The molecule has 0 unspecified atom stereocenters. The van der Waals surface area contributed by atoms with Gasteiger partial charge < -0.3 is 4.74 Å². The molecular weight excluding hydrogens is 310 g/mol. The Balaban J connectivity index is 2.36. The van der Waals surface area contributed by atoms with Crippen molar-refractivity contribution in [2.24, 2.45) is 5.92 Å². The Hall–Kier alpha value is -1.07. The fourth-order valence-corrected chi connectivity index (χ4v) is 2.05. The number of hydrogen-bond donors (Lipinski definition) is 1. The predicted octanol–water partition coefficient (Wildman–Crippen LogP) is 3.09. The van der Waals surface area contributed by atoms with Gasteiger partial charge in [-0.2, -0.15) is 0 Å². The van der Waals surface area contributed by atoms with Crippen molar-refractivity contribution in [1.29, 1.82) is 0 Å². The lowest BCUT2D eigenvalue weighted by molar-refractivity contribution is -0.134. The lowest BCUT2D eigenvalue weighted by Crippen LogP contribution is -2.25. The van der Waals surface area contributed by atoms with E-state index in [9.17, 15) is 4.79 Å². The highest BCUT2D eigenvalue weighted by molar-refractivity contribution is 9.10. The molecule has 1 aromatic rings. The van der Waals surface area contributed by atoms with Crippen LogP contribution < -0.4 is 10.2 Å². The number of hydrogen-bond acceptors (Lipinski definition) is 3. The lowest BCUT2D eigenvalue weighted by Gasteiger charge is -2.08. The van der Waals surface area contributed by atoms with Crippen molar-refractivity contribution in [3.05, 3.63) is 28.2 Å². The van der Waals surface area contributed by atoms with Crippen LogP contribution in [-0.2, 0) is 16.1 Å². The molecule has 1 rings (SSSR count). The summed E-state index contributed by atoms with van der Waals surface area (Å²) in [6.45, 7) is 4.59. The molecule has 0 bridgehead atoms. The van der Waals surface area contributed by atoms with E-state index in [1.54, 1.807) is 7.11 Å². The number of aryl methyl sites for hydroxylation is 1. The standard InChI is InChI=1S/C14H20BrNO3/c1-10(2)9-19-16-14(17)7-5-11-4-6-13(18-3)12(15)8-11/h4,6,8,10H,5,7,9H2,1-3H3,(H,16,17). The minimum Gasteiger partial charge on any atom is -0.496 e. The summed E-state index contributed by atoms with van der Waals surface area (Å²) in [5.74, 6) is 1.08. The monoisotopic (exact) mass is 329 g/mol. The van der Waals surface area contributed by atoms with Gasteiger partial charge in [0.1, 0.15) is 5.75 Å². The first-order valence-corrected chi connectivity index (χ1v) is 7.05. The lowest BCUT2D eigenvalue weighted by atomic mass is 10.1. The van der Waals surface area contributed by atoms with E-state index in [0.717, 1.165) is 15.8 Å². The molecule has 0 aliphatic heterocycles. The summed E-state index contributed by atoms with van der Waals surface area (Å²) in [7, 11) is 1.62. The Morgan fingerprint density at radius 3 is 2.74 bits per heavy atom. The van der Waals surface area contributed by atoms with Gasteiger partial charge in [-0.15, -0.1) is 0 Å². The number of amides is 1. The van der Waals surface area contributed by atoms with Crippen LogP contribution in [0.15, 0.2) is 22.7 Å². The zero-order valence-corrected chi connectivity index (χ0v) is 13.1. The molecule has 0 heterocycles. The number of carbonyl (C=O) groups is 1. The molecule has 0 aliphatic carbocycles. The van der Waals surface area contributed by atoms with Gasteiger partial charge in [0, 0.05) is 6.42 Å². The molecule has 1 aromatic carbocycles. The minimum atomic E-state index is -0.104. The molecular formula is C14H20BrNO3. The molecule has 0 saturated carbocycles. The van der Waals surface area contributed by atoms with Crippen LogP contribution in [0.4, 0.5) is 0 Å². The number of halogens is 1. The Morgan fingerprint density at radius 2 is 2.16 bits per heavy atom. The molecule has 5 heteroatoms. The van der Waals surface area contributed by atoms with E-state index >= 15 is 0 Å². The number of nitrogens with one attached hydrogen (secondary N) is 1. The van der Waals surface area contributed by atoms with Crippen LogP contribution in [0, 0.1) is 5.92 Å². The Morgan fingerprint density at radius 1 is 1.42 bits per heavy atom. The quantitative estimate of drug-likeness (QED) is 0.782. The smallest absolute Gasteiger partial charge is 0.243 e. The number of carbonyl (C=O) groups excluding carboxylic acids is 1. The first-order valence-electron chi connectivity index (χ1n) is 6.26. The van der Waals surface area contributed by atoms with E-state index in [4.69, 9.17) is 9.57 Å². The molecule has 19 heavy (non-hydrogen) atoms. The molecule has 1 N–H and O–H groups in total. The second-order valence-electron chi connectivity index (χ2n) is 4.70. The van der Waals surface area contributed by atoms with Gasteiger partial charge in [0.2, 0.25) is 5.91 Å². The van der Waals surface area contributed by atoms with Gasteiger partial charge in [-0.1, -0.05) is 19.9 Å². The Kier molecular flexibility index (Phi) is 6.87. The van der Waals surface area contributed by atoms with Gasteiger partial charge in [-0.05, 0) is 46.0 Å². The molecule has 0 fully saturated rings. The van der Waals surface area contributed by atoms with Gasteiger partial charge in [0.05, 0.1) is 18.2 Å². The van der Waals surface area contributed by atoms with E-state index in [1.807, 2.05) is 32.0 Å². The van der Waals surface area contributed by atoms with Crippen LogP contribution in [0.3, 0.4) is 0 Å². The average Bonchev–Trinajstić information content (AvgIpc) is 2.36. The highest BCUT2D eigenvalue weighted by Gasteiger charge is 2.05. The summed E-state index contributed by atoms with van der Waals surface area (Å²) in [6, 6.07) is 5.79. The van der Waals surface area contributed by atoms with Crippen molar-refractivity contribution >= 4 is 21.8 Å². The SMILES string of the molecule is COc1ccc(CCC(=O)NOCC(C)C)cc1Br. The van der Waals surface area contributed by atoms with Gasteiger partial charge in [-0.25, -0.2) is 5.48 Å². The fourth-order valence-electron chi connectivity index (χ4n) is 1.46. The van der Waals surface area contributed by atoms with E-state index < -0.39 is 0 Å². The van der Waals surface area contributed by atoms with Crippen LogP contribution in [0.1, 0.15) is 25.8 Å². The van der Waals surface area contributed by atoms with Crippen LogP contribution in [-0.4, -0.2) is 19.6 Å². The van der Waals surface area contributed by atoms with Gasteiger partial charge in [0.25, 0.3) is 0 Å². The summed E-state index contributed by atoms with van der Waals surface area (Å²) in [5, 5.41) is 0. The third-order valence-electron chi connectivity index (χ3n) is 2.46. The topological polar surface area (TPSA) is 47.6 Å². The molecule has 1 amide bonds. The molecule has 0 saturated heterocycles. The summed E-state index contributed by atoms with van der Waals surface area (Å²) in [4.78, 5) is 16.6. The van der Waals surface area contributed by atoms with Crippen molar-refractivity contribution in [2.45, 2.75) is 26.7 Å². The second kappa shape index (κ2) is 8.17. The molecule has 4 nitrogen and oxygen atoms in total. The number of methoxy groups -OCH3 is 1. The normalized spacial score (nSPS) is 10.6. The van der Waals surface area contributed by atoms with Gasteiger partial charge in [-0.3, -0.25) is 9.63 Å². The summed E-state index contributed by atoms with van der Waals surface area (Å²) >= 11 is 3.42. The van der Waals surface area contributed by atoms with Crippen LogP contribution in [0.2, 0.25) is 0 Å². The maximum absolute atomic E-state index is 11.5. The highest BCUT2D eigenvalue weighted by atomic mass is 79.9. The molecule has 0 atom stereocenters. The van der Waals surface area contributed by atoms with Crippen molar-refractivity contribution in [3.63, 3.8) is 0 Å². The Labute approximate surface area is 122 Å². The van der Waals surface area contributed by atoms with Crippen molar-refractivity contribution in [1.82, 2.24) is 5.48 Å². The average molecular weight is 330 g/mol. The molecule has 106 valence electrons. The zero-order chi connectivity index (χ0) is 14.3. The van der Waals surface area contributed by atoms with Crippen LogP contribution in [0.5, 0.6) is 5.75 Å². The number of rotatable bonds is 7. The molecule has 0 aliphatic rings. The fraction of sp³-hybridized carbons (Fsp3) is 0.500. The van der Waals surface area contributed by atoms with Crippen LogP contribution >= 0.6 is 15.9 Å². The van der Waals surface area contributed by atoms with E-state index in [2.05, 4.69) is 21.4 Å². The largest absolute Gasteiger partial charge is 0.496 e. The van der Waals surface area contributed by atoms with Gasteiger partial charge in [0.15, 0.2) is 0 Å². The third-order valence-corrected chi connectivity index (χ3v) is 3.08. The molecule has 0 aromatic heterocycles. The molecule has 0 radical (unpaired) electrons. The summed E-state index contributed by atoms with van der Waals surface area (Å²) in [6.07, 6.45) is 1.07. The number of benzene rings is 1.